The van der Waals surface area contributed by atoms with Crippen LogP contribution >= 0.6 is 11.6 Å². The van der Waals surface area contributed by atoms with E-state index >= 15 is 0 Å². The van der Waals surface area contributed by atoms with Crippen molar-refractivity contribution in [3.05, 3.63) is 70.8 Å². The number of anilines is 1. The van der Waals surface area contributed by atoms with Gasteiger partial charge in [-0.3, -0.25) is 4.79 Å². The zero-order valence-corrected chi connectivity index (χ0v) is 15.2. The summed E-state index contributed by atoms with van der Waals surface area (Å²) in [6, 6.07) is 16.2. The number of rotatable bonds is 4. The van der Waals surface area contributed by atoms with Gasteiger partial charge in [0.25, 0.3) is 0 Å². The Hall–Kier alpha value is -2.26. The smallest absolute Gasteiger partial charge is 0.246 e. The van der Waals surface area contributed by atoms with E-state index in [0.29, 0.717) is 0 Å². The van der Waals surface area contributed by atoms with Gasteiger partial charge in [-0.1, -0.05) is 48.9 Å². The molecule has 2 aromatic rings. The van der Waals surface area contributed by atoms with Crippen LogP contribution < -0.4 is 4.90 Å². The molecule has 130 valence electrons. The van der Waals surface area contributed by atoms with E-state index in [2.05, 4.69) is 42.2 Å². The molecule has 1 fully saturated rings. The van der Waals surface area contributed by atoms with Gasteiger partial charge < -0.3 is 9.80 Å². The van der Waals surface area contributed by atoms with Gasteiger partial charge in [-0.25, -0.2) is 0 Å². The van der Waals surface area contributed by atoms with Crippen molar-refractivity contribution in [3.63, 3.8) is 0 Å². The predicted molar refractivity (Wildman–Crippen MR) is 105 cm³/mol. The SMILES string of the molecule is CCc1ccc(/C=C/C(=O)N2CCN(c3cccc(Cl)c3)CC2)cc1. The van der Waals surface area contributed by atoms with Crippen molar-refractivity contribution >= 4 is 29.3 Å². The van der Waals surface area contributed by atoms with Crippen LogP contribution in [-0.4, -0.2) is 37.0 Å². The summed E-state index contributed by atoms with van der Waals surface area (Å²) in [5, 5.41) is 0.744. The van der Waals surface area contributed by atoms with Crippen LogP contribution in [0.1, 0.15) is 18.1 Å². The zero-order valence-electron chi connectivity index (χ0n) is 14.5. The molecule has 0 spiro atoms. The third-order valence-electron chi connectivity index (χ3n) is 4.57. The molecule has 0 saturated carbocycles. The third kappa shape index (κ3) is 4.64. The third-order valence-corrected chi connectivity index (χ3v) is 4.81. The van der Waals surface area contributed by atoms with Gasteiger partial charge in [0.2, 0.25) is 5.91 Å². The molecule has 0 aromatic heterocycles. The largest absolute Gasteiger partial charge is 0.368 e. The van der Waals surface area contributed by atoms with Crippen molar-refractivity contribution in [2.24, 2.45) is 0 Å². The number of carbonyl (C=O) groups excluding carboxylic acids is 1. The summed E-state index contributed by atoms with van der Waals surface area (Å²) in [7, 11) is 0. The first-order valence-electron chi connectivity index (χ1n) is 8.72. The van der Waals surface area contributed by atoms with Crippen LogP contribution in [0.2, 0.25) is 5.02 Å². The van der Waals surface area contributed by atoms with E-state index in [1.807, 2.05) is 29.2 Å². The van der Waals surface area contributed by atoms with E-state index in [4.69, 9.17) is 11.6 Å². The van der Waals surface area contributed by atoms with E-state index in [9.17, 15) is 4.79 Å². The molecule has 1 aliphatic rings. The Balaban J connectivity index is 1.55. The molecule has 0 unspecified atom stereocenters. The minimum atomic E-state index is 0.0744. The monoisotopic (exact) mass is 354 g/mol. The van der Waals surface area contributed by atoms with Gasteiger partial charge in [-0.05, 0) is 41.8 Å². The molecule has 4 heteroatoms. The molecule has 0 radical (unpaired) electrons. The van der Waals surface area contributed by atoms with Crippen LogP contribution in [0.25, 0.3) is 6.08 Å². The molecule has 3 rings (SSSR count). The fourth-order valence-electron chi connectivity index (χ4n) is 3.00. The molecular weight excluding hydrogens is 332 g/mol. The summed E-state index contributed by atoms with van der Waals surface area (Å²) in [5.74, 6) is 0.0744. The first-order chi connectivity index (χ1) is 12.2. The molecule has 0 bridgehead atoms. The van der Waals surface area contributed by atoms with E-state index < -0.39 is 0 Å². The highest BCUT2D eigenvalue weighted by molar-refractivity contribution is 6.30. The van der Waals surface area contributed by atoms with Crippen LogP contribution in [0.3, 0.4) is 0 Å². The van der Waals surface area contributed by atoms with Crippen LogP contribution in [0.5, 0.6) is 0 Å². The summed E-state index contributed by atoms with van der Waals surface area (Å²) in [5.41, 5.74) is 3.48. The number of carbonyl (C=O) groups is 1. The summed E-state index contributed by atoms with van der Waals surface area (Å²) >= 11 is 6.06. The van der Waals surface area contributed by atoms with Gasteiger partial charge in [0.05, 0.1) is 0 Å². The highest BCUT2D eigenvalue weighted by Crippen LogP contribution is 2.20. The van der Waals surface area contributed by atoms with Crippen molar-refractivity contribution in [1.29, 1.82) is 0 Å². The number of piperazine rings is 1. The maximum absolute atomic E-state index is 12.4. The number of hydrogen-bond donors (Lipinski definition) is 0. The molecule has 2 aromatic carbocycles. The lowest BCUT2D eigenvalue weighted by atomic mass is 10.1. The van der Waals surface area contributed by atoms with E-state index in [-0.39, 0.29) is 5.91 Å². The average molecular weight is 355 g/mol. The Morgan fingerprint density at radius 1 is 1.08 bits per heavy atom. The maximum atomic E-state index is 12.4. The van der Waals surface area contributed by atoms with Gasteiger partial charge in [-0.15, -0.1) is 0 Å². The van der Waals surface area contributed by atoms with E-state index in [1.165, 1.54) is 5.56 Å². The van der Waals surface area contributed by atoms with Crippen molar-refractivity contribution in [1.82, 2.24) is 4.90 Å². The minimum Gasteiger partial charge on any atom is -0.368 e. The Bertz CT molecular complexity index is 747. The summed E-state index contributed by atoms with van der Waals surface area (Å²) in [4.78, 5) is 16.6. The number of aryl methyl sites for hydroxylation is 1. The van der Waals surface area contributed by atoms with Gasteiger partial charge >= 0.3 is 0 Å². The number of hydrogen-bond acceptors (Lipinski definition) is 2. The first kappa shape index (κ1) is 17.6. The van der Waals surface area contributed by atoms with Crippen molar-refractivity contribution < 1.29 is 4.79 Å². The molecule has 25 heavy (non-hydrogen) atoms. The van der Waals surface area contributed by atoms with Crippen molar-refractivity contribution in [2.75, 3.05) is 31.1 Å². The topological polar surface area (TPSA) is 23.6 Å². The second-order valence-electron chi connectivity index (χ2n) is 6.22. The molecule has 3 nitrogen and oxygen atoms in total. The minimum absolute atomic E-state index is 0.0744. The van der Waals surface area contributed by atoms with Crippen LogP contribution in [0.4, 0.5) is 5.69 Å². The number of nitrogens with zero attached hydrogens (tertiary/aromatic N) is 2. The fraction of sp³-hybridized carbons (Fsp3) is 0.286. The van der Waals surface area contributed by atoms with Gasteiger partial charge in [0.15, 0.2) is 0 Å². The van der Waals surface area contributed by atoms with E-state index in [0.717, 1.165) is 48.9 Å². The summed E-state index contributed by atoms with van der Waals surface area (Å²) in [6.45, 7) is 5.24. The van der Waals surface area contributed by atoms with Crippen LogP contribution in [0.15, 0.2) is 54.6 Å². The number of halogens is 1. The Labute approximate surface area is 154 Å². The highest BCUT2D eigenvalue weighted by Gasteiger charge is 2.19. The first-order valence-corrected chi connectivity index (χ1v) is 9.10. The second-order valence-corrected chi connectivity index (χ2v) is 6.66. The highest BCUT2D eigenvalue weighted by atomic mass is 35.5. The summed E-state index contributed by atoms with van der Waals surface area (Å²) < 4.78 is 0. The molecule has 0 aliphatic carbocycles. The average Bonchev–Trinajstić information content (AvgIpc) is 2.66. The quantitative estimate of drug-likeness (QED) is 0.766. The lowest BCUT2D eigenvalue weighted by Gasteiger charge is -2.35. The van der Waals surface area contributed by atoms with Gasteiger partial charge in [0, 0.05) is 43.0 Å². The summed E-state index contributed by atoms with van der Waals surface area (Å²) in [6.07, 6.45) is 4.60. The molecule has 1 heterocycles. The Morgan fingerprint density at radius 3 is 2.44 bits per heavy atom. The predicted octanol–water partition coefficient (Wildman–Crippen LogP) is 4.26. The molecule has 1 saturated heterocycles. The zero-order chi connectivity index (χ0) is 17.6. The van der Waals surface area contributed by atoms with Crippen molar-refractivity contribution in [2.45, 2.75) is 13.3 Å². The molecule has 1 amide bonds. The fourth-order valence-corrected chi connectivity index (χ4v) is 3.18. The van der Waals surface area contributed by atoms with Crippen LogP contribution in [0, 0.1) is 0 Å². The second kappa shape index (κ2) is 8.21. The van der Waals surface area contributed by atoms with Gasteiger partial charge in [0.1, 0.15) is 0 Å². The molecule has 0 N–H and O–H groups in total. The van der Waals surface area contributed by atoms with Gasteiger partial charge in [-0.2, -0.15) is 0 Å². The molecule has 0 atom stereocenters. The number of benzene rings is 2. The Kier molecular flexibility index (Phi) is 5.77. The maximum Gasteiger partial charge on any atom is 0.246 e. The number of amides is 1. The molecular formula is C21H23ClN2O. The normalized spacial score (nSPS) is 15.0. The Morgan fingerprint density at radius 2 is 1.80 bits per heavy atom. The van der Waals surface area contributed by atoms with Crippen molar-refractivity contribution in [3.8, 4) is 0 Å². The molecule has 1 aliphatic heterocycles. The lowest BCUT2D eigenvalue weighted by molar-refractivity contribution is -0.126. The van der Waals surface area contributed by atoms with E-state index in [1.54, 1.807) is 6.08 Å². The van der Waals surface area contributed by atoms with Crippen LogP contribution in [-0.2, 0) is 11.2 Å². The standard InChI is InChI=1S/C21H23ClN2O/c1-2-17-6-8-18(9-7-17)10-11-21(25)24-14-12-23(13-15-24)20-5-3-4-19(22)16-20/h3-11,16H,2,12-15H2,1H3/b11-10+. The lowest BCUT2D eigenvalue weighted by Crippen LogP contribution is -2.48.